The maximum absolute atomic E-state index is 17.5. The molecule has 0 bridgehead atoms. The largest absolute Gasteiger partial charge is 0.454 e. The first kappa shape index (κ1) is 30.2. The van der Waals surface area contributed by atoms with Gasteiger partial charge in [-0.2, -0.15) is 0 Å². The number of aliphatic hydroxyl groups excluding tert-OH is 1. The Kier molecular flexibility index (Phi) is 7.07. The van der Waals surface area contributed by atoms with Gasteiger partial charge in [-0.3, -0.25) is 9.59 Å². The van der Waals surface area contributed by atoms with E-state index in [2.05, 4.69) is 0 Å². The SMILES string of the molecule is CC(CN)c1cc(N(C)C)ccc1C(=O)OCC(=O)[C@]12OC[C@@]13C[C@H](O)[C@@]1(F)[C@@H](CCC4=CC(=O)C=C[C@@]41C)[C@@H]3C[C@H]2C. The number of carbonyl (C=O) groups is 3. The second kappa shape index (κ2) is 10.1. The van der Waals surface area contributed by atoms with Crippen molar-refractivity contribution in [3.05, 3.63) is 53.1 Å². The third-order valence-corrected chi connectivity index (χ3v) is 11.9. The quantitative estimate of drug-likeness (QED) is 0.457. The van der Waals surface area contributed by atoms with E-state index in [4.69, 9.17) is 15.2 Å². The average Bonchev–Trinajstić information content (AvgIpc) is 3.13. The molecule has 4 fully saturated rings. The second-order valence-electron chi connectivity index (χ2n) is 14.0. The zero-order valence-electron chi connectivity index (χ0n) is 25.7. The number of halogens is 1. The van der Waals surface area contributed by atoms with Crippen molar-refractivity contribution in [2.75, 3.05) is 38.8 Å². The molecule has 1 aromatic rings. The lowest BCUT2D eigenvalue weighted by molar-refractivity contribution is -0.309. The van der Waals surface area contributed by atoms with Crippen LogP contribution in [0, 0.1) is 28.6 Å². The topological polar surface area (TPSA) is 119 Å². The molecule has 0 aromatic heterocycles. The Labute approximate surface area is 252 Å². The average molecular weight is 595 g/mol. The number of hydrogen-bond acceptors (Lipinski definition) is 8. The number of nitrogens with two attached hydrogens (primary N) is 1. The summed E-state index contributed by atoms with van der Waals surface area (Å²) in [7, 11) is 3.83. The summed E-state index contributed by atoms with van der Waals surface area (Å²) in [5.74, 6) is -2.14. The van der Waals surface area contributed by atoms with E-state index in [0.717, 1.165) is 16.8 Å². The van der Waals surface area contributed by atoms with Crippen LogP contribution < -0.4 is 10.6 Å². The number of carbonyl (C=O) groups excluding carboxylic acids is 3. The van der Waals surface area contributed by atoms with Crippen molar-refractivity contribution in [3.8, 4) is 0 Å². The minimum absolute atomic E-state index is 0.0729. The number of alkyl halides is 1. The van der Waals surface area contributed by atoms with Crippen LogP contribution in [-0.4, -0.2) is 73.9 Å². The molecule has 1 spiro atoms. The lowest BCUT2D eigenvalue weighted by atomic mass is 9.43. The molecule has 43 heavy (non-hydrogen) atoms. The highest BCUT2D eigenvalue weighted by Gasteiger charge is 2.81. The molecule has 1 unspecified atom stereocenters. The van der Waals surface area contributed by atoms with Crippen LogP contribution in [0.4, 0.5) is 10.1 Å². The minimum atomic E-state index is -1.97. The fraction of sp³-hybridized carbons (Fsp3) is 0.618. The van der Waals surface area contributed by atoms with E-state index in [0.29, 0.717) is 31.4 Å². The number of anilines is 1. The Morgan fingerprint density at radius 1 is 1.28 bits per heavy atom. The number of ketones is 2. The number of hydrogen-bond donors (Lipinski definition) is 2. The number of rotatable bonds is 7. The highest BCUT2D eigenvalue weighted by atomic mass is 19.1. The van der Waals surface area contributed by atoms with Gasteiger partial charge >= 0.3 is 5.97 Å². The molecule has 6 rings (SSSR count). The zero-order chi connectivity index (χ0) is 31.1. The number of esters is 1. The molecule has 232 valence electrons. The first-order valence-electron chi connectivity index (χ1n) is 15.4. The standard InChI is InChI=1S/C34H43FN2O6/c1-19(16-36)25-14-22(37(4)5)7-8-24(25)30(41)42-17-29(40)34-20(2)12-27-26-9-6-21-13-23(38)10-11-31(21,3)33(26,35)28(39)15-32(27,34)18-43-34/h7-8,10-11,13-14,19-20,26-28,39H,6,9,12,15-18,36H2,1-5H3/t19?,20-,26+,27+,28+,31+,32-,33+,34+/m1/s1. The lowest BCUT2D eigenvalue weighted by Crippen LogP contribution is -2.76. The van der Waals surface area contributed by atoms with Gasteiger partial charge in [-0.25, -0.2) is 9.18 Å². The Morgan fingerprint density at radius 3 is 2.67 bits per heavy atom. The number of benzene rings is 1. The Balaban J connectivity index is 1.26. The van der Waals surface area contributed by atoms with Gasteiger partial charge in [0.2, 0.25) is 5.78 Å². The van der Waals surface area contributed by atoms with Gasteiger partial charge in [-0.1, -0.05) is 25.5 Å². The van der Waals surface area contributed by atoms with Crippen LogP contribution in [-0.2, 0) is 19.1 Å². The van der Waals surface area contributed by atoms with Crippen molar-refractivity contribution >= 4 is 23.2 Å². The van der Waals surface area contributed by atoms with Crippen LogP contribution in [0.3, 0.4) is 0 Å². The van der Waals surface area contributed by atoms with Crippen LogP contribution in [0.1, 0.15) is 68.3 Å². The molecule has 0 radical (unpaired) electrons. The normalized spacial score (nSPS) is 39.8. The van der Waals surface area contributed by atoms with Gasteiger partial charge in [0.25, 0.3) is 0 Å². The monoisotopic (exact) mass is 594 g/mol. The summed E-state index contributed by atoms with van der Waals surface area (Å²) in [5, 5.41) is 11.6. The van der Waals surface area contributed by atoms with E-state index >= 15 is 4.39 Å². The summed E-state index contributed by atoms with van der Waals surface area (Å²) in [6.07, 6.45) is 4.91. The van der Waals surface area contributed by atoms with E-state index in [1.54, 1.807) is 19.1 Å². The Morgan fingerprint density at radius 2 is 2.02 bits per heavy atom. The molecule has 3 N–H and O–H groups in total. The van der Waals surface area contributed by atoms with E-state index in [-0.39, 0.29) is 42.3 Å². The van der Waals surface area contributed by atoms with Crippen LogP contribution in [0.2, 0.25) is 0 Å². The van der Waals surface area contributed by atoms with Gasteiger partial charge in [-0.15, -0.1) is 0 Å². The smallest absolute Gasteiger partial charge is 0.338 e. The summed E-state index contributed by atoms with van der Waals surface area (Å²) in [6.45, 7) is 5.79. The van der Waals surface area contributed by atoms with Crippen molar-refractivity contribution in [2.24, 2.45) is 34.3 Å². The van der Waals surface area contributed by atoms with Crippen LogP contribution >= 0.6 is 0 Å². The minimum Gasteiger partial charge on any atom is -0.454 e. The van der Waals surface area contributed by atoms with Gasteiger partial charge in [0.1, 0.15) is 5.60 Å². The molecular weight excluding hydrogens is 551 g/mol. The van der Waals surface area contributed by atoms with Crippen molar-refractivity contribution in [2.45, 2.75) is 69.7 Å². The summed E-state index contributed by atoms with van der Waals surface area (Å²) < 4.78 is 29.3. The number of aliphatic hydroxyl groups is 1. The van der Waals surface area contributed by atoms with Crippen LogP contribution in [0.25, 0.3) is 0 Å². The van der Waals surface area contributed by atoms with Crippen LogP contribution in [0.5, 0.6) is 0 Å². The molecule has 5 aliphatic rings. The third kappa shape index (κ3) is 3.86. The molecule has 1 aromatic carbocycles. The highest BCUT2D eigenvalue weighted by molar-refractivity contribution is 6.01. The first-order chi connectivity index (χ1) is 20.3. The zero-order valence-corrected chi connectivity index (χ0v) is 25.7. The number of allylic oxidation sites excluding steroid dienone is 4. The molecule has 9 heteroatoms. The van der Waals surface area contributed by atoms with Crippen molar-refractivity contribution < 1.29 is 33.4 Å². The molecule has 4 aliphatic carbocycles. The predicted octanol–water partition coefficient (Wildman–Crippen LogP) is 3.91. The lowest BCUT2D eigenvalue weighted by Gasteiger charge is -2.67. The van der Waals surface area contributed by atoms with Crippen molar-refractivity contribution in [3.63, 3.8) is 0 Å². The van der Waals surface area contributed by atoms with Gasteiger partial charge < -0.3 is 25.2 Å². The summed E-state index contributed by atoms with van der Waals surface area (Å²) in [5.41, 5.74) is 3.64. The predicted molar refractivity (Wildman–Crippen MR) is 159 cm³/mol. The fourth-order valence-electron chi connectivity index (χ4n) is 9.53. The maximum atomic E-state index is 17.5. The Bertz CT molecular complexity index is 1440. The molecule has 9 atom stereocenters. The molecule has 1 saturated heterocycles. The third-order valence-electron chi connectivity index (χ3n) is 11.9. The van der Waals surface area contributed by atoms with E-state index in [9.17, 15) is 19.5 Å². The van der Waals surface area contributed by atoms with Gasteiger partial charge in [-0.05, 0) is 92.8 Å². The van der Waals surface area contributed by atoms with Crippen molar-refractivity contribution in [1.82, 2.24) is 0 Å². The Hall–Kier alpha value is -2.88. The molecule has 8 nitrogen and oxygen atoms in total. The number of Topliss-reactive ketones (excluding diaryl/α,β-unsaturated/α-hetero) is 1. The summed E-state index contributed by atoms with van der Waals surface area (Å²) >= 11 is 0. The highest BCUT2D eigenvalue weighted by Crippen LogP contribution is 2.74. The number of nitrogens with zero attached hydrogens (tertiary/aromatic N) is 1. The van der Waals surface area contributed by atoms with Crippen molar-refractivity contribution in [1.29, 1.82) is 0 Å². The van der Waals surface area contributed by atoms with E-state index < -0.39 is 46.7 Å². The van der Waals surface area contributed by atoms with Crippen LogP contribution in [0.15, 0.2) is 42.0 Å². The maximum Gasteiger partial charge on any atom is 0.338 e. The fourth-order valence-corrected chi connectivity index (χ4v) is 9.53. The van der Waals surface area contributed by atoms with E-state index in [1.807, 2.05) is 45.0 Å². The molecule has 1 heterocycles. The number of fused-ring (bicyclic) bond motifs is 4. The molecule has 0 amide bonds. The molecule has 3 saturated carbocycles. The molecule has 1 aliphatic heterocycles. The van der Waals surface area contributed by atoms with Gasteiger partial charge in [0.05, 0.1) is 18.3 Å². The van der Waals surface area contributed by atoms with Gasteiger partial charge in [0, 0.05) is 36.5 Å². The van der Waals surface area contributed by atoms with Gasteiger partial charge in [0.15, 0.2) is 18.1 Å². The van der Waals surface area contributed by atoms with E-state index in [1.165, 1.54) is 12.2 Å². The first-order valence-corrected chi connectivity index (χ1v) is 15.4. The summed E-state index contributed by atoms with van der Waals surface area (Å²) in [6, 6.07) is 5.44. The molecular formula is C34H43FN2O6. The second-order valence-corrected chi connectivity index (χ2v) is 14.0. The number of ether oxygens (including phenoxy) is 2. The summed E-state index contributed by atoms with van der Waals surface area (Å²) in [4.78, 5) is 41.4.